The summed E-state index contributed by atoms with van der Waals surface area (Å²) in [5.41, 5.74) is 9.90. The SMILES string of the molecule is COc1ccc2c(c1)CN(Cc1cnc(N)s1)C(c1ccccc1)C2.Cl. The van der Waals surface area contributed by atoms with Gasteiger partial charge in [0.25, 0.3) is 0 Å². The molecule has 0 saturated carbocycles. The molecule has 4 nitrogen and oxygen atoms in total. The van der Waals surface area contributed by atoms with Gasteiger partial charge in [-0.25, -0.2) is 4.98 Å². The number of aromatic nitrogens is 1. The van der Waals surface area contributed by atoms with E-state index in [1.807, 2.05) is 6.20 Å². The summed E-state index contributed by atoms with van der Waals surface area (Å²) in [7, 11) is 1.72. The zero-order valence-corrected chi connectivity index (χ0v) is 16.2. The maximum Gasteiger partial charge on any atom is 0.180 e. The van der Waals surface area contributed by atoms with Crippen LogP contribution in [0.2, 0.25) is 0 Å². The van der Waals surface area contributed by atoms with Crippen LogP contribution in [0.3, 0.4) is 0 Å². The van der Waals surface area contributed by atoms with Crippen molar-refractivity contribution in [3.05, 3.63) is 76.3 Å². The van der Waals surface area contributed by atoms with Crippen molar-refractivity contribution in [1.29, 1.82) is 0 Å². The van der Waals surface area contributed by atoms with Crippen molar-refractivity contribution >= 4 is 28.9 Å². The summed E-state index contributed by atoms with van der Waals surface area (Å²) in [5, 5.41) is 0.630. The minimum atomic E-state index is 0. The van der Waals surface area contributed by atoms with Crippen molar-refractivity contribution in [2.24, 2.45) is 0 Å². The molecule has 26 heavy (non-hydrogen) atoms. The fraction of sp³-hybridized carbons (Fsp3) is 0.250. The summed E-state index contributed by atoms with van der Waals surface area (Å²) in [6.45, 7) is 1.75. The Morgan fingerprint density at radius 2 is 2.00 bits per heavy atom. The molecule has 3 aromatic rings. The third-order valence-electron chi connectivity index (χ3n) is 4.76. The average molecular weight is 388 g/mol. The number of fused-ring (bicyclic) bond motifs is 1. The van der Waals surface area contributed by atoms with Crippen molar-refractivity contribution in [3.63, 3.8) is 0 Å². The van der Waals surface area contributed by atoms with Crippen LogP contribution in [0.5, 0.6) is 5.75 Å². The number of nitrogens with two attached hydrogens (primary N) is 1. The molecule has 0 amide bonds. The molecule has 136 valence electrons. The van der Waals surface area contributed by atoms with E-state index in [1.165, 1.54) is 21.6 Å². The minimum Gasteiger partial charge on any atom is -0.497 e. The Morgan fingerprint density at radius 1 is 1.19 bits per heavy atom. The van der Waals surface area contributed by atoms with Gasteiger partial charge in [-0.15, -0.1) is 23.7 Å². The molecular formula is C20H22ClN3OS. The summed E-state index contributed by atoms with van der Waals surface area (Å²) in [5.74, 6) is 0.916. The monoisotopic (exact) mass is 387 g/mol. The minimum absolute atomic E-state index is 0. The van der Waals surface area contributed by atoms with E-state index in [0.717, 1.165) is 25.3 Å². The van der Waals surface area contributed by atoms with Crippen LogP contribution in [-0.4, -0.2) is 17.0 Å². The predicted octanol–water partition coefficient (Wildman–Crippen LogP) is 4.46. The summed E-state index contributed by atoms with van der Waals surface area (Å²) >= 11 is 1.57. The van der Waals surface area contributed by atoms with Crippen LogP contribution in [0.15, 0.2) is 54.7 Å². The zero-order valence-electron chi connectivity index (χ0n) is 14.6. The first kappa shape index (κ1) is 18.7. The van der Waals surface area contributed by atoms with Gasteiger partial charge in [0, 0.05) is 30.2 Å². The molecule has 0 aliphatic carbocycles. The van der Waals surface area contributed by atoms with Crippen molar-refractivity contribution in [2.75, 3.05) is 12.8 Å². The fourth-order valence-corrected chi connectivity index (χ4v) is 4.22. The lowest BCUT2D eigenvalue weighted by Crippen LogP contribution is -2.33. The number of nitrogens with zero attached hydrogens (tertiary/aromatic N) is 2. The van der Waals surface area contributed by atoms with Crippen molar-refractivity contribution < 1.29 is 4.74 Å². The van der Waals surface area contributed by atoms with Crippen LogP contribution in [0.1, 0.15) is 27.6 Å². The largest absolute Gasteiger partial charge is 0.497 e. The second-order valence-electron chi connectivity index (χ2n) is 6.34. The Balaban J connectivity index is 0.00000196. The van der Waals surface area contributed by atoms with Crippen molar-refractivity contribution in [2.45, 2.75) is 25.6 Å². The van der Waals surface area contributed by atoms with Crippen LogP contribution >= 0.6 is 23.7 Å². The fourth-order valence-electron chi connectivity index (χ4n) is 3.51. The number of ether oxygens (including phenoxy) is 1. The van der Waals surface area contributed by atoms with E-state index in [2.05, 4.69) is 58.4 Å². The lowest BCUT2D eigenvalue weighted by Gasteiger charge is -2.37. The number of benzene rings is 2. The molecular weight excluding hydrogens is 366 g/mol. The van der Waals surface area contributed by atoms with Crippen LogP contribution in [0.25, 0.3) is 0 Å². The van der Waals surface area contributed by atoms with E-state index in [9.17, 15) is 0 Å². The molecule has 2 aromatic carbocycles. The molecule has 1 unspecified atom stereocenters. The molecule has 4 rings (SSSR count). The van der Waals surface area contributed by atoms with Crippen molar-refractivity contribution in [3.8, 4) is 5.75 Å². The highest BCUT2D eigenvalue weighted by molar-refractivity contribution is 7.15. The lowest BCUT2D eigenvalue weighted by molar-refractivity contribution is 0.164. The van der Waals surface area contributed by atoms with Crippen LogP contribution < -0.4 is 10.5 Å². The molecule has 0 fully saturated rings. The third kappa shape index (κ3) is 3.85. The molecule has 2 N–H and O–H groups in total. The van der Waals surface area contributed by atoms with Gasteiger partial charge in [0.15, 0.2) is 5.13 Å². The summed E-state index contributed by atoms with van der Waals surface area (Å²) in [4.78, 5) is 7.90. The van der Waals surface area contributed by atoms with E-state index in [4.69, 9.17) is 10.5 Å². The Kier molecular flexibility index (Phi) is 5.81. The molecule has 0 spiro atoms. The first-order chi connectivity index (χ1) is 12.2. The smallest absolute Gasteiger partial charge is 0.180 e. The van der Waals surface area contributed by atoms with Crippen LogP contribution in [0.4, 0.5) is 5.13 Å². The van der Waals surface area contributed by atoms with Gasteiger partial charge in [-0.05, 0) is 35.2 Å². The van der Waals surface area contributed by atoms with E-state index in [-0.39, 0.29) is 12.4 Å². The number of nitrogen functional groups attached to an aromatic ring is 1. The number of halogens is 1. The molecule has 1 aliphatic rings. The van der Waals surface area contributed by atoms with E-state index >= 15 is 0 Å². The third-order valence-corrected chi connectivity index (χ3v) is 5.57. The average Bonchev–Trinajstić information content (AvgIpc) is 3.06. The number of methoxy groups -OCH3 is 1. The molecule has 1 aromatic heterocycles. The van der Waals surface area contributed by atoms with Gasteiger partial charge in [-0.2, -0.15) is 0 Å². The normalized spacial score (nSPS) is 16.6. The summed E-state index contributed by atoms with van der Waals surface area (Å²) in [6.07, 6.45) is 2.89. The van der Waals surface area contributed by atoms with E-state index in [1.54, 1.807) is 18.4 Å². The molecule has 2 heterocycles. The van der Waals surface area contributed by atoms with Gasteiger partial charge in [-0.1, -0.05) is 36.4 Å². The highest BCUT2D eigenvalue weighted by Crippen LogP contribution is 2.36. The Morgan fingerprint density at radius 3 is 2.69 bits per heavy atom. The van der Waals surface area contributed by atoms with Gasteiger partial charge in [-0.3, -0.25) is 4.90 Å². The summed E-state index contributed by atoms with van der Waals surface area (Å²) < 4.78 is 5.41. The highest BCUT2D eigenvalue weighted by atomic mass is 35.5. The summed E-state index contributed by atoms with van der Waals surface area (Å²) in [6, 6.07) is 17.5. The Labute approximate surface area is 164 Å². The van der Waals surface area contributed by atoms with Gasteiger partial charge in [0.2, 0.25) is 0 Å². The molecule has 0 saturated heterocycles. The standard InChI is InChI=1S/C20H21N3OS.ClH/c1-24-17-8-7-15-10-19(14-5-3-2-4-6-14)23(12-16(15)9-17)13-18-11-22-20(21)25-18;/h2-9,11,19H,10,12-13H2,1H3,(H2,21,22);1H. The second-order valence-corrected chi connectivity index (χ2v) is 7.48. The highest BCUT2D eigenvalue weighted by Gasteiger charge is 2.28. The second kappa shape index (κ2) is 8.08. The maximum absolute atomic E-state index is 5.82. The topological polar surface area (TPSA) is 51.4 Å². The van der Waals surface area contributed by atoms with Crippen LogP contribution in [0, 0.1) is 0 Å². The molecule has 6 heteroatoms. The molecule has 0 radical (unpaired) electrons. The molecule has 1 atom stereocenters. The first-order valence-corrected chi connectivity index (χ1v) is 9.19. The number of anilines is 1. The Bertz CT molecular complexity index is 869. The Hall–Kier alpha value is -2.08. The number of hydrogen-bond donors (Lipinski definition) is 1. The molecule has 1 aliphatic heterocycles. The first-order valence-electron chi connectivity index (χ1n) is 8.38. The van der Waals surface area contributed by atoms with Gasteiger partial charge in [0.1, 0.15) is 5.75 Å². The van der Waals surface area contributed by atoms with Gasteiger partial charge >= 0.3 is 0 Å². The molecule has 0 bridgehead atoms. The number of hydrogen-bond acceptors (Lipinski definition) is 5. The maximum atomic E-state index is 5.82. The van der Waals surface area contributed by atoms with Crippen molar-refractivity contribution in [1.82, 2.24) is 9.88 Å². The van der Waals surface area contributed by atoms with E-state index in [0.29, 0.717) is 11.2 Å². The predicted molar refractivity (Wildman–Crippen MR) is 109 cm³/mol. The quantitative estimate of drug-likeness (QED) is 0.718. The van der Waals surface area contributed by atoms with Gasteiger partial charge in [0.05, 0.1) is 7.11 Å². The lowest BCUT2D eigenvalue weighted by atomic mass is 9.89. The number of thiazole rings is 1. The van der Waals surface area contributed by atoms with Crippen LogP contribution in [-0.2, 0) is 19.5 Å². The van der Waals surface area contributed by atoms with E-state index < -0.39 is 0 Å². The number of rotatable bonds is 4. The van der Waals surface area contributed by atoms with Gasteiger partial charge < -0.3 is 10.5 Å². The zero-order chi connectivity index (χ0) is 17.2.